The molecule has 0 radical (unpaired) electrons. The number of rotatable bonds is 3. The van der Waals surface area contributed by atoms with Crippen LogP contribution in [0.5, 0.6) is 0 Å². The summed E-state index contributed by atoms with van der Waals surface area (Å²) in [6.45, 7) is 4.66. The summed E-state index contributed by atoms with van der Waals surface area (Å²) < 4.78 is 0.842. The zero-order valence-electron chi connectivity index (χ0n) is 10.7. The molecule has 2 heterocycles. The predicted molar refractivity (Wildman–Crippen MR) is 82.7 cm³/mol. The highest BCUT2D eigenvalue weighted by Crippen LogP contribution is 2.13. The van der Waals surface area contributed by atoms with E-state index in [0.29, 0.717) is 5.56 Å². The Hall–Kier alpha value is -0.460. The zero-order valence-corrected chi connectivity index (χ0v) is 13.9. The Balaban J connectivity index is 2.00. The maximum atomic E-state index is 12.4. The van der Waals surface area contributed by atoms with E-state index in [9.17, 15) is 4.79 Å². The SMILES string of the molecule is O=C(c1cncc(Br)c1)N1CCCN(CCBr)CC1. The summed E-state index contributed by atoms with van der Waals surface area (Å²) in [6, 6.07) is 1.83. The number of halogens is 2. The quantitative estimate of drug-likeness (QED) is 0.743. The fourth-order valence-corrected chi connectivity index (χ4v) is 3.09. The molecule has 1 fully saturated rings. The van der Waals surface area contributed by atoms with Gasteiger partial charge in [0.05, 0.1) is 5.56 Å². The molecule has 104 valence electrons. The largest absolute Gasteiger partial charge is 0.337 e. The maximum Gasteiger partial charge on any atom is 0.255 e. The molecule has 6 heteroatoms. The van der Waals surface area contributed by atoms with Crippen LogP contribution in [0.25, 0.3) is 0 Å². The van der Waals surface area contributed by atoms with Crippen molar-refractivity contribution in [3.8, 4) is 0 Å². The van der Waals surface area contributed by atoms with E-state index in [-0.39, 0.29) is 5.91 Å². The number of nitrogens with zero attached hydrogens (tertiary/aromatic N) is 3. The van der Waals surface area contributed by atoms with Gasteiger partial charge in [-0.3, -0.25) is 9.78 Å². The minimum absolute atomic E-state index is 0.0782. The number of carbonyl (C=O) groups is 1. The van der Waals surface area contributed by atoms with E-state index in [2.05, 4.69) is 41.7 Å². The highest BCUT2D eigenvalue weighted by molar-refractivity contribution is 9.10. The molecule has 1 amide bonds. The third kappa shape index (κ3) is 4.26. The Morgan fingerprint density at radius 1 is 1.26 bits per heavy atom. The highest BCUT2D eigenvalue weighted by Gasteiger charge is 2.20. The first-order valence-electron chi connectivity index (χ1n) is 6.39. The summed E-state index contributed by atoms with van der Waals surface area (Å²) in [5.41, 5.74) is 0.656. The molecule has 1 aromatic heterocycles. The Bertz CT molecular complexity index is 442. The fourth-order valence-electron chi connectivity index (χ4n) is 2.23. The Labute approximate surface area is 130 Å². The molecule has 0 bridgehead atoms. The van der Waals surface area contributed by atoms with Crippen LogP contribution in [0.1, 0.15) is 16.8 Å². The summed E-state index contributed by atoms with van der Waals surface area (Å²) >= 11 is 6.82. The first-order valence-corrected chi connectivity index (χ1v) is 8.30. The Morgan fingerprint density at radius 2 is 2.11 bits per heavy atom. The second-order valence-electron chi connectivity index (χ2n) is 4.57. The lowest BCUT2D eigenvalue weighted by Crippen LogP contribution is -2.35. The molecule has 19 heavy (non-hydrogen) atoms. The van der Waals surface area contributed by atoms with Crippen molar-refractivity contribution in [2.45, 2.75) is 6.42 Å². The van der Waals surface area contributed by atoms with Gasteiger partial charge in [-0.05, 0) is 35.0 Å². The lowest BCUT2D eigenvalue weighted by molar-refractivity contribution is 0.0761. The van der Waals surface area contributed by atoms with Crippen LogP contribution < -0.4 is 0 Å². The van der Waals surface area contributed by atoms with E-state index in [4.69, 9.17) is 0 Å². The first-order chi connectivity index (χ1) is 9.20. The smallest absolute Gasteiger partial charge is 0.255 e. The van der Waals surface area contributed by atoms with Crippen molar-refractivity contribution in [3.63, 3.8) is 0 Å². The molecule has 1 aliphatic heterocycles. The molecular weight excluding hydrogens is 374 g/mol. The van der Waals surface area contributed by atoms with Gasteiger partial charge in [-0.1, -0.05) is 15.9 Å². The minimum Gasteiger partial charge on any atom is -0.337 e. The van der Waals surface area contributed by atoms with Crippen molar-refractivity contribution < 1.29 is 4.79 Å². The lowest BCUT2D eigenvalue weighted by Gasteiger charge is -2.21. The van der Waals surface area contributed by atoms with Gasteiger partial charge in [0, 0.05) is 48.4 Å². The van der Waals surface area contributed by atoms with E-state index < -0.39 is 0 Å². The molecule has 0 saturated carbocycles. The van der Waals surface area contributed by atoms with Crippen LogP contribution in [0.2, 0.25) is 0 Å². The standard InChI is InChI=1S/C13H17Br2N3O/c14-2-5-17-3-1-4-18(7-6-17)13(19)11-8-12(15)10-16-9-11/h8-10H,1-7H2. The summed E-state index contributed by atoms with van der Waals surface area (Å²) in [5.74, 6) is 0.0782. The topological polar surface area (TPSA) is 36.4 Å². The molecular formula is C13H17Br2N3O. The maximum absolute atomic E-state index is 12.4. The molecule has 1 aliphatic rings. The molecule has 0 unspecified atom stereocenters. The van der Waals surface area contributed by atoms with Gasteiger partial charge in [0.25, 0.3) is 5.91 Å². The van der Waals surface area contributed by atoms with Crippen LogP contribution in [-0.4, -0.2) is 58.7 Å². The van der Waals surface area contributed by atoms with Gasteiger partial charge in [0.1, 0.15) is 0 Å². The number of amides is 1. The Kier molecular flexibility index (Phi) is 5.78. The zero-order chi connectivity index (χ0) is 13.7. The summed E-state index contributed by atoms with van der Waals surface area (Å²) in [7, 11) is 0. The van der Waals surface area contributed by atoms with E-state index in [1.807, 2.05) is 11.0 Å². The van der Waals surface area contributed by atoms with Crippen molar-refractivity contribution in [2.75, 3.05) is 38.1 Å². The second-order valence-corrected chi connectivity index (χ2v) is 6.28. The highest BCUT2D eigenvalue weighted by atomic mass is 79.9. The molecule has 0 N–H and O–H groups in total. The van der Waals surface area contributed by atoms with E-state index in [0.717, 1.165) is 48.9 Å². The lowest BCUT2D eigenvalue weighted by atomic mass is 10.2. The van der Waals surface area contributed by atoms with Gasteiger partial charge in [-0.15, -0.1) is 0 Å². The van der Waals surface area contributed by atoms with E-state index in [1.54, 1.807) is 12.4 Å². The summed E-state index contributed by atoms with van der Waals surface area (Å²) in [4.78, 5) is 20.8. The average Bonchev–Trinajstić information content (AvgIpc) is 2.64. The monoisotopic (exact) mass is 389 g/mol. The van der Waals surface area contributed by atoms with Crippen LogP contribution in [0.15, 0.2) is 22.9 Å². The molecule has 1 aromatic rings. The van der Waals surface area contributed by atoms with Crippen LogP contribution in [0.3, 0.4) is 0 Å². The Morgan fingerprint density at radius 3 is 2.84 bits per heavy atom. The fraction of sp³-hybridized carbons (Fsp3) is 0.538. The predicted octanol–water partition coefficient (Wildman–Crippen LogP) is 2.39. The summed E-state index contributed by atoms with van der Waals surface area (Å²) in [6.07, 6.45) is 4.35. The molecule has 0 atom stereocenters. The second kappa shape index (κ2) is 7.36. The van der Waals surface area contributed by atoms with Crippen LogP contribution in [-0.2, 0) is 0 Å². The minimum atomic E-state index is 0.0782. The normalized spacial score (nSPS) is 17.3. The van der Waals surface area contributed by atoms with Crippen molar-refractivity contribution in [1.29, 1.82) is 0 Å². The van der Waals surface area contributed by atoms with Gasteiger partial charge >= 0.3 is 0 Å². The van der Waals surface area contributed by atoms with Gasteiger partial charge < -0.3 is 9.80 Å². The summed E-state index contributed by atoms with van der Waals surface area (Å²) in [5, 5.41) is 0.983. The van der Waals surface area contributed by atoms with Crippen molar-refractivity contribution in [3.05, 3.63) is 28.5 Å². The van der Waals surface area contributed by atoms with Gasteiger partial charge in [-0.25, -0.2) is 0 Å². The van der Waals surface area contributed by atoms with Crippen LogP contribution in [0, 0.1) is 0 Å². The van der Waals surface area contributed by atoms with Gasteiger partial charge in [0.2, 0.25) is 0 Å². The first kappa shape index (κ1) is 14.9. The number of carbonyl (C=O) groups excluding carboxylic acids is 1. The van der Waals surface area contributed by atoms with Crippen molar-refractivity contribution in [1.82, 2.24) is 14.8 Å². The van der Waals surface area contributed by atoms with E-state index >= 15 is 0 Å². The third-order valence-electron chi connectivity index (χ3n) is 3.23. The van der Waals surface area contributed by atoms with Gasteiger partial charge in [-0.2, -0.15) is 0 Å². The van der Waals surface area contributed by atoms with Crippen LogP contribution >= 0.6 is 31.9 Å². The molecule has 0 aromatic carbocycles. The number of aromatic nitrogens is 1. The third-order valence-corrected chi connectivity index (χ3v) is 4.02. The molecule has 2 rings (SSSR count). The number of alkyl halides is 1. The number of pyridine rings is 1. The van der Waals surface area contributed by atoms with Crippen molar-refractivity contribution >= 4 is 37.8 Å². The average molecular weight is 391 g/mol. The van der Waals surface area contributed by atoms with E-state index in [1.165, 1.54) is 0 Å². The molecule has 0 aliphatic carbocycles. The molecule has 4 nitrogen and oxygen atoms in total. The number of hydrogen-bond acceptors (Lipinski definition) is 3. The van der Waals surface area contributed by atoms with Crippen LogP contribution in [0.4, 0.5) is 0 Å². The van der Waals surface area contributed by atoms with Crippen molar-refractivity contribution in [2.24, 2.45) is 0 Å². The molecule has 0 spiro atoms. The number of hydrogen-bond donors (Lipinski definition) is 0. The molecule has 1 saturated heterocycles. The van der Waals surface area contributed by atoms with Gasteiger partial charge in [0.15, 0.2) is 0 Å².